The summed E-state index contributed by atoms with van der Waals surface area (Å²) in [5, 5.41) is 3.33. The highest BCUT2D eigenvalue weighted by Crippen LogP contribution is 2.20. The third-order valence-corrected chi connectivity index (χ3v) is 2.61. The van der Waals surface area contributed by atoms with E-state index >= 15 is 0 Å². The number of aryl methyl sites for hydroxylation is 1. The van der Waals surface area contributed by atoms with Gasteiger partial charge in [-0.2, -0.15) is 0 Å². The molecule has 1 aromatic carbocycles. The Morgan fingerprint density at radius 3 is 2.82 bits per heavy atom. The van der Waals surface area contributed by atoms with E-state index in [-0.39, 0.29) is 0 Å². The van der Waals surface area contributed by atoms with Gasteiger partial charge in [-0.15, -0.1) is 0 Å². The monoisotopic (exact) mass is 227 g/mol. The first kappa shape index (κ1) is 11.6. The highest BCUT2D eigenvalue weighted by atomic mass is 15.0. The maximum absolute atomic E-state index is 5.60. The number of nitrogens with two attached hydrogens (primary N) is 1. The number of aromatic nitrogens is 1. The van der Waals surface area contributed by atoms with Gasteiger partial charge in [0.25, 0.3) is 0 Å². The fraction of sp³-hybridized carbons (Fsp3) is 0.214. The van der Waals surface area contributed by atoms with Crippen LogP contribution in [0, 0.1) is 6.92 Å². The van der Waals surface area contributed by atoms with Gasteiger partial charge in [-0.3, -0.25) is 0 Å². The molecule has 88 valence electrons. The standard InChI is InChI=1S/C14H17N3/c1-11-7-9-16-14(10-11)17-13-5-3-2-4-12(13)6-8-15/h2-5,7,9-10H,6,8,15H2,1H3,(H,16,17). The zero-order valence-electron chi connectivity index (χ0n) is 9.98. The molecule has 0 radical (unpaired) electrons. The van der Waals surface area contributed by atoms with Crippen LogP contribution in [0.4, 0.5) is 11.5 Å². The van der Waals surface area contributed by atoms with E-state index in [0.29, 0.717) is 6.54 Å². The first-order valence-electron chi connectivity index (χ1n) is 5.77. The van der Waals surface area contributed by atoms with E-state index in [1.807, 2.05) is 30.5 Å². The molecule has 0 aliphatic carbocycles. The molecule has 3 heteroatoms. The molecule has 1 aromatic heterocycles. The number of anilines is 2. The summed E-state index contributed by atoms with van der Waals surface area (Å²) in [4.78, 5) is 4.29. The van der Waals surface area contributed by atoms with Gasteiger partial charge in [0.1, 0.15) is 5.82 Å². The van der Waals surface area contributed by atoms with Crippen LogP contribution in [-0.2, 0) is 6.42 Å². The predicted octanol–water partition coefficient (Wildman–Crippen LogP) is 2.63. The molecule has 3 nitrogen and oxygen atoms in total. The average molecular weight is 227 g/mol. The average Bonchev–Trinajstić information content (AvgIpc) is 2.32. The van der Waals surface area contributed by atoms with Gasteiger partial charge in [-0.25, -0.2) is 4.98 Å². The van der Waals surface area contributed by atoms with E-state index in [0.717, 1.165) is 17.9 Å². The maximum Gasteiger partial charge on any atom is 0.130 e. The second-order valence-corrected chi connectivity index (χ2v) is 4.04. The van der Waals surface area contributed by atoms with Crippen molar-refractivity contribution in [1.29, 1.82) is 0 Å². The molecule has 0 unspecified atom stereocenters. The lowest BCUT2D eigenvalue weighted by Crippen LogP contribution is -2.05. The Balaban J connectivity index is 2.23. The van der Waals surface area contributed by atoms with Gasteiger partial charge in [0, 0.05) is 11.9 Å². The zero-order chi connectivity index (χ0) is 12.1. The Hall–Kier alpha value is -1.87. The number of hydrogen-bond acceptors (Lipinski definition) is 3. The molecule has 0 saturated heterocycles. The minimum Gasteiger partial charge on any atom is -0.340 e. The lowest BCUT2D eigenvalue weighted by Gasteiger charge is -2.11. The second-order valence-electron chi connectivity index (χ2n) is 4.04. The third-order valence-electron chi connectivity index (χ3n) is 2.61. The molecule has 0 aliphatic rings. The van der Waals surface area contributed by atoms with Crippen LogP contribution in [0.3, 0.4) is 0 Å². The van der Waals surface area contributed by atoms with Crippen LogP contribution >= 0.6 is 0 Å². The summed E-state index contributed by atoms with van der Waals surface area (Å²) in [7, 11) is 0. The van der Waals surface area contributed by atoms with Crippen molar-refractivity contribution in [2.24, 2.45) is 5.73 Å². The van der Waals surface area contributed by atoms with E-state index in [2.05, 4.69) is 29.4 Å². The molecule has 17 heavy (non-hydrogen) atoms. The summed E-state index contributed by atoms with van der Waals surface area (Å²) in [6.07, 6.45) is 2.68. The number of pyridine rings is 1. The van der Waals surface area contributed by atoms with Gasteiger partial charge < -0.3 is 11.1 Å². The van der Waals surface area contributed by atoms with Crippen molar-refractivity contribution in [3.63, 3.8) is 0 Å². The Labute approximate surface area is 102 Å². The fourth-order valence-electron chi connectivity index (χ4n) is 1.76. The summed E-state index contributed by atoms with van der Waals surface area (Å²) in [5.41, 5.74) is 9.10. The van der Waals surface area contributed by atoms with E-state index in [1.54, 1.807) is 0 Å². The normalized spacial score (nSPS) is 10.2. The highest BCUT2D eigenvalue weighted by Gasteiger charge is 2.01. The van der Waals surface area contributed by atoms with Gasteiger partial charge >= 0.3 is 0 Å². The molecule has 0 amide bonds. The van der Waals surface area contributed by atoms with Crippen LogP contribution < -0.4 is 11.1 Å². The van der Waals surface area contributed by atoms with E-state index in [9.17, 15) is 0 Å². The summed E-state index contributed by atoms with van der Waals surface area (Å²) >= 11 is 0. The van der Waals surface area contributed by atoms with Crippen LogP contribution in [0.5, 0.6) is 0 Å². The highest BCUT2D eigenvalue weighted by molar-refractivity contribution is 5.60. The van der Waals surface area contributed by atoms with Crippen LogP contribution in [-0.4, -0.2) is 11.5 Å². The molecular formula is C14H17N3. The number of benzene rings is 1. The van der Waals surface area contributed by atoms with Crippen LogP contribution in [0.15, 0.2) is 42.6 Å². The van der Waals surface area contributed by atoms with Crippen molar-refractivity contribution >= 4 is 11.5 Å². The van der Waals surface area contributed by atoms with Gasteiger partial charge in [0.2, 0.25) is 0 Å². The second kappa shape index (κ2) is 5.46. The smallest absolute Gasteiger partial charge is 0.130 e. The maximum atomic E-state index is 5.60. The Bertz CT molecular complexity index is 494. The largest absolute Gasteiger partial charge is 0.340 e. The Kier molecular flexibility index (Phi) is 3.73. The fourth-order valence-corrected chi connectivity index (χ4v) is 1.76. The van der Waals surface area contributed by atoms with E-state index < -0.39 is 0 Å². The minimum absolute atomic E-state index is 0.653. The zero-order valence-corrected chi connectivity index (χ0v) is 9.98. The predicted molar refractivity (Wildman–Crippen MR) is 71.5 cm³/mol. The van der Waals surface area contributed by atoms with Gasteiger partial charge in [-0.1, -0.05) is 18.2 Å². The molecule has 3 N–H and O–H groups in total. The van der Waals surface area contributed by atoms with Crippen LogP contribution in [0.2, 0.25) is 0 Å². The van der Waals surface area contributed by atoms with Crippen molar-refractivity contribution in [1.82, 2.24) is 4.98 Å². The van der Waals surface area contributed by atoms with Crippen molar-refractivity contribution in [3.05, 3.63) is 53.7 Å². The number of hydrogen-bond donors (Lipinski definition) is 2. The van der Waals surface area contributed by atoms with Crippen molar-refractivity contribution in [2.75, 3.05) is 11.9 Å². The van der Waals surface area contributed by atoms with Crippen LogP contribution in [0.1, 0.15) is 11.1 Å². The molecule has 0 fully saturated rings. The summed E-state index contributed by atoms with van der Waals surface area (Å²) in [5.74, 6) is 0.870. The molecular weight excluding hydrogens is 210 g/mol. The van der Waals surface area contributed by atoms with Crippen molar-refractivity contribution in [2.45, 2.75) is 13.3 Å². The van der Waals surface area contributed by atoms with E-state index in [4.69, 9.17) is 5.73 Å². The summed E-state index contributed by atoms with van der Waals surface area (Å²) in [6, 6.07) is 12.2. The number of nitrogens with one attached hydrogen (secondary N) is 1. The topological polar surface area (TPSA) is 50.9 Å². The Morgan fingerprint density at radius 1 is 1.24 bits per heavy atom. The quantitative estimate of drug-likeness (QED) is 0.844. The molecule has 0 saturated carbocycles. The molecule has 1 heterocycles. The minimum atomic E-state index is 0.653. The Morgan fingerprint density at radius 2 is 2.06 bits per heavy atom. The van der Waals surface area contributed by atoms with Crippen LogP contribution in [0.25, 0.3) is 0 Å². The van der Waals surface area contributed by atoms with E-state index in [1.165, 1.54) is 11.1 Å². The summed E-state index contributed by atoms with van der Waals surface area (Å²) in [6.45, 7) is 2.71. The summed E-state index contributed by atoms with van der Waals surface area (Å²) < 4.78 is 0. The number of nitrogens with zero attached hydrogens (tertiary/aromatic N) is 1. The molecule has 2 aromatic rings. The number of rotatable bonds is 4. The van der Waals surface area contributed by atoms with Gasteiger partial charge in [0.15, 0.2) is 0 Å². The SMILES string of the molecule is Cc1ccnc(Nc2ccccc2CCN)c1. The van der Waals surface area contributed by atoms with Crippen molar-refractivity contribution < 1.29 is 0 Å². The third kappa shape index (κ3) is 3.04. The number of para-hydroxylation sites is 1. The molecule has 0 aliphatic heterocycles. The first-order valence-corrected chi connectivity index (χ1v) is 5.77. The molecule has 0 spiro atoms. The molecule has 2 rings (SSSR count). The van der Waals surface area contributed by atoms with Gasteiger partial charge in [-0.05, 0) is 49.2 Å². The molecule has 0 bridgehead atoms. The molecule has 0 atom stereocenters. The lowest BCUT2D eigenvalue weighted by molar-refractivity contribution is 0.970. The van der Waals surface area contributed by atoms with Gasteiger partial charge in [0.05, 0.1) is 0 Å². The van der Waals surface area contributed by atoms with Crippen molar-refractivity contribution in [3.8, 4) is 0 Å². The first-order chi connectivity index (χ1) is 8.29. The lowest BCUT2D eigenvalue weighted by atomic mass is 10.1.